The number of nitrogens with two attached hydrogens (primary N) is 2. The highest BCUT2D eigenvalue weighted by molar-refractivity contribution is 4.83. The third-order valence-electron chi connectivity index (χ3n) is 0.431. The summed E-state index contributed by atoms with van der Waals surface area (Å²) in [6.45, 7) is 0. The Morgan fingerprint density at radius 3 is 2.25 bits per heavy atom. The van der Waals surface area contributed by atoms with E-state index >= 15 is 0 Å². The maximum atomic E-state index is 11.3. The summed E-state index contributed by atoms with van der Waals surface area (Å²) in [6, 6.07) is 0. The average molecular weight is 121 g/mol. The van der Waals surface area contributed by atoms with Gasteiger partial charge in [0.15, 0.2) is 0 Å². The first-order valence-corrected chi connectivity index (χ1v) is 1.96. The van der Waals surface area contributed by atoms with E-state index in [9.17, 15) is 4.48 Å². The minimum absolute atomic E-state index is 0.618. The van der Waals surface area contributed by atoms with Gasteiger partial charge in [0.25, 0.3) is 0 Å². The van der Waals surface area contributed by atoms with Gasteiger partial charge in [0.1, 0.15) is 0 Å². The van der Waals surface area contributed by atoms with Gasteiger partial charge in [-0.3, -0.25) is 5.21 Å². The Labute approximate surface area is 46.1 Å². The van der Waals surface area contributed by atoms with Crippen molar-refractivity contribution in [3.63, 3.8) is 0 Å². The number of halogens is 1. The molecule has 0 heterocycles. The summed E-state index contributed by atoms with van der Waals surface area (Å²) in [5.41, 5.74) is 9.85. The molecule has 4 nitrogen and oxygen atoms in total. The summed E-state index contributed by atoms with van der Waals surface area (Å²) < 4.78 is 11.3. The van der Waals surface area contributed by atoms with Crippen LogP contribution >= 0.6 is 0 Å². The molecule has 0 aromatic heterocycles. The molecule has 0 rings (SSSR count). The topological polar surface area (TPSA) is 75.5 Å². The van der Waals surface area contributed by atoms with Gasteiger partial charge in [-0.25, -0.2) is 0 Å². The Bertz CT molecular complexity index is 72.6. The standard InChI is InChI=1S/C3H8FN3O/c4-7(8)2-1-3(5)6/h1-3,8H,5-6H2/b2-1-. The van der Waals surface area contributed by atoms with Crippen molar-refractivity contribution in [3.8, 4) is 0 Å². The van der Waals surface area contributed by atoms with Crippen LogP contribution in [-0.4, -0.2) is 16.7 Å². The number of hydroxylamine groups is 1. The maximum absolute atomic E-state index is 11.3. The molecule has 5 N–H and O–H groups in total. The Kier molecular flexibility index (Phi) is 3.09. The minimum atomic E-state index is -0.736. The lowest BCUT2D eigenvalue weighted by Gasteiger charge is -1.96. The number of hydrogen-bond donors (Lipinski definition) is 3. The second-order valence-corrected chi connectivity index (χ2v) is 1.21. The molecular weight excluding hydrogens is 113 g/mol. The smallest absolute Gasteiger partial charge is 0.0732 e. The molecule has 0 radical (unpaired) electrons. The van der Waals surface area contributed by atoms with Crippen molar-refractivity contribution in [1.29, 1.82) is 0 Å². The summed E-state index contributed by atoms with van der Waals surface area (Å²) in [7, 11) is 0. The largest absolute Gasteiger partial charge is 0.313 e. The van der Waals surface area contributed by atoms with Crippen molar-refractivity contribution >= 4 is 0 Å². The molecule has 0 saturated heterocycles. The van der Waals surface area contributed by atoms with Crippen LogP contribution in [0.3, 0.4) is 0 Å². The lowest BCUT2D eigenvalue weighted by Crippen LogP contribution is -2.27. The van der Waals surface area contributed by atoms with Gasteiger partial charge in [-0.2, -0.15) is 0 Å². The first-order valence-electron chi connectivity index (χ1n) is 1.96. The lowest BCUT2D eigenvalue weighted by molar-refractivity contribution is -0.193. The Morgan fingerprint density at radius 1 is 1.62 bits per heavy atom. The molecule has 48 valence electrons. The van der Waals surface area contributed by atoms with Crippen molar-refractivity contribution in [2.75, 3.05) is 0 Å². The van der Waals surface area contributed by atoms with Crippen molar-refractivity contribution < 1.29 is 9.69 Å². The van der Waals surface area contributed by atoms with E-state index in [4.69, 9.17) is 16.7 Å². The van der Waals surface area contributed by atoms with Crippen LogP contribution in [0, 0.1) is 0 Å². The first kappa shape index (κ1) is 7.35. The molecular formula is C3H8FN3O. The van der Waals surface area contributed by atoms with Crippen LogP contribution in [0.4, 0.5) is 4.48 Å². The Morgan fingerprint density at radius 2 is 2.12 bits per heavy atom. The van der Waals surface area contributed by atoms with Gasteiger partial charge in [-0.15, -0.1) is 0 Å². The molecule has 0 aliphatic rings. The molecule has 0 atom stereocenters. The van der Waals surface area contributed by atoms with Gasteiger partial charge in [0.2, 0.25) is 0 Å². The van der Waals surface area contributed by atoms with Crippen LogP contribution in [0.25, 0.3) is 0 Å². The summed E-state index contributed by atoms with van der Waals surface area (Å²) in [5.74, 6) is 0. The first-order chi connectivity index (χ1) is 3.63. The Hall–Kier alpha value is -0.650. The lowest BCUT2D eigenvalue weighted by atomic mass is 10.5. The van der Waals surface area contributed by atoms with Crippen LogP contribution in [0.15, 0.2) is 12.3 Å². The molecule has 0 aromatic carbocycles. The molecule has 0 bridgehead atoms. The van der Waals surface area contributed by atoms with E-state index < -0.39 is 11.5 Å². The minimum Gasteiger partial charge on any atom is -0.313 e. The van der Waals surface area contributed by atoms with Crippen LogP contribution in [0.5, 0.6) is 0 Å². The van der Waals surface area contributed by atoms with Crippen LogP contribution in [0.2, 0.25) is 0 Å². The van der Waals surface area contributed by atoms with Crippen molar-refractivity contribution in [3.05, 3.63) is 12.3 Å². The SMILES string of the molecule is NC(N)/C=C\N(O)F. The molecule has 0 amide bonds. The van der Waals surface area contributed by atoms with Gasteiger partial charge in [0, 0.05) is 0 Å². The second-order valence-electron chi connectivity index (χ2n) is 1.21. The van der Waals surface area contributed by atoms with Gasteiger partial charge in [-0.05, 0) is 6.08 Å². The average Bonchev–Trinajstić information content (AvgIpc) is 1.61. The second kappa shape index (κ2) is 3.36. The zero-order valence-electron chi connectivity index (χ0n) is 4.16. The van der Waals surface area contributed by atoms with Gasteiger partial charge >= 0.3 is 0 Å². The quantitative estimate of drug-likeness (QED) is 0.257. The van der Waals surface area contributed by atoms with E-state index in [-0.39, 0.29) is 0 Å². The fraction of sp³-hybridized carbons (Fsp3) is 0.333. The number of rotatable bonds is 2. The van der Waals surface area contributed by atoms with Crippen LogP contribution < -0.4 is 11.5 Å². The summed E-state index contributed by atoms with van der Waals surface area (Å²) in [4.78, 5) is 0. The summed E-state index contributed by atoms with van der Waals surface area (Å²) >= 11 is 0. The number of nitrogens with zero attached hydrogens (tertiary/aromatic N) is 1. The van der Waals surface area contributed by atoms with Gasteiger partial charge in [-0.1, -0.05) is 9.77 Å². The van der Waals surface area contributed by atoms with Crippen LogP contribution in [0.1, 0.15) is 0 Å². The zero-order valence-corrected chi connectivity index (χ0v) is 4.16. The molecule has 0 fully saturated rings. The molecule has 5 heteroatoms. The molecule has 0 aliphatic heterocycles. The molecule has 0 aromatic rings. The fourth-order valence-corrected chi connectivity index (χ4v) is 0.170. The van der Waals surface area contributed by atoms with E-state index in [0.29, 0.717) is 6.20 Å². The third-order valence-corrected chi connectivity index (χ3v) is 0.431. The van der Waals surface area contributed by atoms with E-state index in [1.807, 2.05) is 0 Å². The predicted molar refractivity (Wildman–Crippen MR) is 26.0 cm³/mol. The van der Waals surface area contributed by atoms with Gasteiger partial charge < -0.3 is 11.5 Å². The highest BCUT2D eigenvalue weighted by atomic mass is 19.2. The van der Waals surface area contributed by atoms with E-state index in [0.717, 1.165) is 6.08 Å². The summed E-state index contributed by atoms with van der Waals surface area (Å²) in [5, 5.41) is 7.15. The normalized spacial score (nSPS) is 11.1. The van der Waals surface area contributed by atoms with Gasteiger partial charge in [0.05, 0.1) is 12.4 Å². The van der Waals surface area contributed by atoms with E-state index in [2.05, 4.69) is 0 Å². The highest BCUT2D eigenvalue weighted by Crippen LogP contribution is 1.81. The number of hydrogen-bond acceptors (Lipinski definition) is 4. The maximum Gasteiger partial charge on any atom is 0.0732 e. The van der Waals surface area contributed by atoms with Crippen LogP contribution in [-0.2, 0) is 0 Å². The highest BCUT2D eigenvalue weighted by Gasteiger charge is 1.85. The zero-order chi connectivity index (χ0) is 6.57. The molecule has 0 aliphatic carbocycles. The van der Waals surface area contributed by atoms with E-state index in [1.165, 1.54) is 0 Å². The monoisotopic (exact) mass is 121 g/mol. The molecule has 0 unspecified atom stereocenters. The molecule has 8 heavy (non-hydrogen) atoms. The third kappa shape index (κ3) is 5.35. The molecule has 0 saturated carbocycles. The van der Waals surface area contributed by atoms with Crippen molar-refractivity contribution in [1.82, 2.24) is 5.29 Å². The van der Waals surface area contributed by atoms with Crippen molar-refractivity contribution in [2.24, 2.45) is 11.5 Å². The fourth-order valence-electron chi connectivity index (χ4n) is 0.170. The van der Waals surface area contributed by atoms with E-state index in [1.54, 1.807) is 0 Å². The molecule has 0 spiro atoms. The summed E-state index contributed by atoms with van der Waals surface area (Å²) in [6.07, 6.45) is 1.07. The predicted octanol–water partition coefficient (Wildman–Crippen LogP) is -0.681. The van der Waals surface area contributed by atoms with Crippen molar-refractivity contribution in [2.45, 2.75) is 6.17 Å². The Balaban J connectivity index is 3.34.